The van der Waals surface area contributed by atoms with Crippen LogP contribution in [0.2, 0.25) is 0 Å². The van der Waals surface area contributed by atoms with Crippen molar-refractivity contribution in [2.45, 2.75) is 32.7 Å². The first-order valence-electron chi connectivity index (χ1n) is 6.48. The molecule has 0 aliphatic carbocycles. The maximum Gasteiger partial charge on any atom is 0.309 e. The zero-order valence-electron chi connectivity index (χ0n) is 11.5. The molecule has 0 bridgehead atoms. The highest BCUT2D eigenvalue weighted by molar-refractivity contribution is 5.72. The van der Waals surface area contributed by atoms with Crippen molar-refractivity contribution < 1.29 is 9.53 Å². The number of nitrogens with one attached hydrogen (secondary N) is 1. The monoisotopic (exact) mass is 249 g/mol. The number of rotatable bonds is 7. The van der Waals surface area contributed by atoms with Crippen molar-refractivity contribution in [3.8, 4) is 0 Å². The maximum atomic E-state index is 11.2. The van der Waals surface area contributed by atoms with Gasteiger partial charge in [-0.15, -0.1) is 0 Å². The normalized spacial score (nSPS) is 13.9. The van der Waals surface area contributed by atoms with Gasteiger partial charge in [0.2, 0.25) is 0 Å². The van der Waals surface area contributed by atoms with E-state index >= 15 is 0 Å². The van der Waals surface area contributed by atoms with Gasteiger partial charge in [-0.25, -0.2) is 0 Å². The number of hydrogen-bond donors (Lipinski definition) is 1. The summed E-state index contributed by atoms with van der Waals surface area (Å²) >= 11 is 0. The van der Waals surface area contributed by atoms with E-state index in [4.69, 9.17) is 4.74 Å². The molecule has 0 heterocycles. The van der Waals surface area contributed by atoms with Crippen LogP contribution in [0.15, 0.2) is 30.3 Å². The Kier molecular flexibility index (Phi) is 6.44. The molecule has 3 nitrogen and oxygen atoms in total. The van der Waals surface area contributed by atoms with E-state index in [2.05, 4.69) is 36.5 Å². The topological polar surface area (TPSA) is 38.3 Å². The van der Waals surface area contributed by atoms with E-state index in [1.54, 1.807) is 0 Å². The highest BCUT2D eigenvalue weighted by atomic mass is 16.5. The lowest BCUT2D eigenvalue weighted by molar-refractivity contribution is -0.144. The van der Waals surface area contributed by atoms with E-state index in [9.17, 15) is 4.79 Å². The van der Waals surface area contributed by atoms with Gasteiger partial charge in [0.05, 0.1) is 13.0 Å². The molecular formula is C15H23NO2. The van der Waals surface area contributed by atoms with Crippen LogP contribution in [0, 0.1) is 5.92 Å². The maximum absolute atomic E-state index is 11.2. The van der Waals surface area contributed by atoms with Gasteiger partial charge in [-0.1, -0.05) is 37.3 Å². The number of carbonyl (C=O) groups is 1. The Hall–Kier alpha value is -1.35. The molecular weight excluding hydrogens is 226 g/mol. The molecule has 100 valence electrons. The van der Waals surface area contributed by atoms with Gasteiger partial charge in [-0.3, -0.25) is 4.79 Å². The van der Waals surface area contributed by atoms with Crippen molar-refractivity contribution >= 4 is 5.97 Å². The van der Waals surface area contributed by atoms with Gasteiger partial charge >= 0.3 is 5.97 Å². The molecule has 0 saturated heterocycles. The Labute approximate surface area is 110 Å². The van der Waals surface area contributed by atoms with Crippen LogP contribution in [0.1, 0.15) is 25.8 Å². The molecule has 0 aliphatic rings. The number of hydrogen-bond acceptors (Lipinski definition) is 3. The minimum Gasteiger partial charge on any atom is -0.469 e. The summed E-state index contributed by atoms with van der Waals surface area (Å²) in [5.41, 5.74) is 1.35. The quantitative estimate of drug-likeness (QED) is 0.754. The van der Waals surface area contributed by atoms with E-state index in [0.717, 1.165) is 12.8 Å². The van der Waals surface area contributed by atoms with Crippen LogP contribution in [0.5, 0.6) is 0 Å². The van der Waals surface area contributed by atoms with E-state index in [-0.39, 0.29) is 11.9 Å². The van der Waals surface area contributed by atoms with Crippen LogP contribution in [0.25, 0.3) is 0 Å². The molecule has 0 spiro atoms. The summed E-state index contributed by atoms with van der Waals surface area (Å²) in [7, 11) is 1.43. The summed E-state index contributed by atoms with van der Waals surface area (Å²) in [6, 6.07) is 10.8. The van der Waals surface area contributed by atoms with E-state index in [1.807, 2.05) is 13.0 Å². The molecule has 18 heavy (non-hydrogen) atoms. The highest BCUT2D eigenvalue weighted by Gasteiger charge is 2.13. The molecule has 0 aliphatic heterocycles. The van der Waals surface area contributed by atoms with Crippen molar-refractivity contribution in [1.82, 2.24) is 5.32 Å². The third kappa shape index (κ3) is 5.32. The van der Waals surface area contributed by atoms with Crippen LogP contribution in [0.3, 0.4) is 0 Å². The van der Waals surface area contributed by atoms with Gasteiger partial charge in [0.15, 0.2) is 0 Å². The second-order valence-corrected chi connectivity index (χ2v) is 4.76. The molecule has 3 heteroatoms. The van der Waals surface area contributed by atoms with Crippen molar-refractivity contribution in [3.63, 3.8) is 0 Å². The average molecular weight is 249 g/mol. The number of methoxy groups -OCH3 is 1. The Morgan fingerprint density at radius 3 is 2.56 bits per heavy atom. The van der Waals surface area contributed by atoms with Crippen molar-refractivity contribution in [1.29, 1.82) is 0 Å². The summed E-state index contributed by atoms with van der Waals surface area (Å²) in [5.74, 6) is -0.244. The summed E-state index contributed by atoms with van der Waals surface area (Å²) in [6.45, 7) is 4.69. The van der Waals surface area contributed by atoms with Gasteiger partial charge in [0.1, 0.15) is 0 Å². The van der Waals surface area contributed by atoms with E-state index in [0.29, 0.717) is 12.6 Å². The molecule has 0 unspecified atom stereocenters. The van der Waals surface area contributed by atoms with Crippen LogP contribution >= 0.6 is 0 Å². The number of benzene rings is 1. The SMILES string of the molecule is COC(=O)[C@H](C)CN[C@@H](C)CCc1ccccc1. The second kappa shape index (κ2) is 7.88. The smallest absolute Gasteiger partial charge is 0.309 e. The third-order valence-electron chi connectivity index (χ3n) is 3.08. The fourth-order valence-corrected chi connectivity index (χ4v) is 1.79. The first-order valence-corrected chi connectivity index (χ1v) is 6.48. The van der Waals surface area contributed by atoms with Crippen LogP contribution in [0.4, 0.5) is 0 Å². The lowest BCUT2D eigenvalue weighted by atomic mass is 10.1. The van der Waals surface area contributed by atoms with Gasteiger partial charge in [0.25, 0.3) is 0 Å². The van der Waals surface area contributed by atoms with Gasteiger partial charge in [-0.05, 0) is 25.3 Å². The van der Waals surface area contributed by atoms with Crippen LogP contribution < -0.4 is 5.32 Å². The second-order valence-electron chi connectivity index (χ2n) is 4.76. The number of carbonyl (C=O) groups excluding carboxylic acids is 1. The first kappa shape index (κ1) is 14.7. The molecule has 1 rings (SSSR count). The molecule has 1 aromatic rings. The lowest BCUT2D eigenvalue weighted by Crippen LogP contribution is -2.33. The fourth-order valence-electron chi connectivity index (χ4n) is 1.79. The van der Waals surface area contributed by atoms with Crippen LogP contribution in [-0.2, 0) is 16.0 Å². The number of esters is 1. The molecule has 0 radical (unpaired) electrons. The summed E-state index contributed by atoms with van der Waals surface area (Å²) in [6.07, 6.45) is 2.12. The van der Waals surface area contributed by atoms with Crippen molar-refractivity contribution in [2.75, 3.05) is 13.7 Å². The highest BCUT2D eigenvalue weighted by Crippen LogP contribution is 2.05. The molecule has 0 aromatic heterocycles. The Bertz CT molecular complexity index is 351. The Balaban J connectivity index is 2.22. The van der Waals surface area contributed by atoms with Gasteiger partial charge < -0.3 is 10.1 Å². The molecule has 1 N–H and O–H groups in total. The first-order chi connectivity index (χ1) is 8.63. The zero-order chi connectivity index (χ0) is 13.4. The molecule has 1 aromatic carbocycles. The summed E-state index contributed by atoms with van der Waals surface area (Å²) in [4.78, 5) is 11.2. The van der Waals surface area contributed by atoms with E-state index in [1.165, 1.54) is 12.7 Å². The van der Waals surface area contributed by atoms with Crippen LogP contribution in [-0.4, -0.2) is 25.7 Å². The lowest BCUT2D eigenvalue weighted by Gasteiger charge is -2.16. The third-order valence-corrected chi connectivity index (χ3v) is 3.08. The standard InChI is InChI=1S/C15H23NO2/c1-12(15(17)18-3)11-16-13(2)9-10-14-7-5-4-6-8-14/h4-8,12-13,16H,9-11H2,1-3H3/t12-,13+/m1/s1. The molecule has 0 amide bonds. The molecule has 0 saturated carbocycles. The van der Waals surface area contributed by atoms with Crippen molar-refractivity contribution in [3.05, 3.63) is 35.9 Å². The average Bonchev–Trinajstić information content (AvgIpc) is 2.42. The Morgan fingerprint density at radius 1 is 1.28 bits per heavy atom. The van der Waals surface area contributed by atoms with E-state index < -0.39 is 0 Å². The predicted octanol–water partition coefficient (Wildman–Crippen LogP) is 2.41. The molecule has 2 atom stereocenters. The van der Waals surface area contributed by atoms with Gasteiger partial charge in [-0.2, -0.15) is 0 Å². The minimum atomic E-state index is -0.155. The fraction of sp³-hybridized carbons (Fsp3) is 0.533. The summed E-state index contributed by atoms with van der Waals surface area (Å²) in [5, 5.41) is 3.37. The number of ether oxygens (including phenoxy) is 1. The largest absolute Gasteiger partial charge is 0.469 e. The predicted molar refractivity (Wildman–Crippen MR) is 73.4 cm³/mol. The Morgan fingerprint density at radius 2 is 1.94 bits per heavy atom. The minimum absolute atomic E-state index is 0.0887. The van der Waals surface area contributed by atoms with Gasteiger partial charge in [0, 0.05) is 12.6 Å². The molecule has 0 fully saturated rings. The van der Waals surface area contributed by atoms with Crippen molar-refractivity contribution in [2.24, 2.45) is 5.92 Å². The summed E-state index contributed by atoms with van der Waals surface area (Å²) < 4.78 is 4.69. The zero-order valence-corrected chi connectivity index (χ0v) is 11.5. The number of aryl methyl sites for hydroxylation is 1.